The number of aromatic nitrogens is 3. The lowest BCUT2D eigenvalue weighted by Gasteiger charge is -2.39. The minimum Gasteiger partial charge on any atom is -0.489 e. The van der Waals surface area contributed by atoms with Crippen LogP contribution < -0.4 is 4.74 Å². The molecule has 0 spiro atoms. The predicted octanol–water partition coefficient (Wildman–Crippen LogP) is 4.77. The van der Waals surface area contributed by atoms with E-state index >= 15 is 0 Å². The van der Waals surface area contributed by atoms with Crippen molar-refractivity contribution in [3.63, 3.8) is 0 Å². The Balaban J connectivity index is 1.22. The first-order valence-electron chi connectivity index (χ1n) is 12.5. The van der Waals surface area contributed by atoms with Crippen molar-refractivity contribution >= 4 is 23.2 Å². The summed E-state index contributed by atoms with van der Waals surface area (Å²) in [6.07, 6.45) is 6.96. The zero-order valence-electron chi connectivity index (χ0n) is 20.0. The van der Waals surface area contributed by atoms with Crippen molar-refractivity contribution in [1.29, 1.82) is 0 Å². The first kappa shape index (κ1) is 22.7. The molecule has 2 bridgehead atoms. The van der Waals surface area contributed by atoms with Crippen LogP contribution in [0.3, 0.4) is 0 Å². The monoisotopic (exact) mass is 497 g/mol. The van der Waals surface area contributed by atoms with E-state index in [0.717, 1.165) is 42.8 Å². The highest BCUT2D eigenvalue weighted by Crippen LogP contribution is 2.38. The molecule has 0 unspecified atom stereocenters. The minimum absolute atomic E-state index is 0.00846. The van der Waals surface area contributed by atoms with E-state index in [1.807, 2.05) is 6.92 Å². The molecule has 2 aromatic heterocycles. The number of benzene rings is 1. The molecule has 184 valence electrons. The average molecular weight is 498 g/mol. The summed E-state index contributed by atoms with van der Waals surface area (Å²) in [5.74, 6) is -0.252. The second-order valence-corrected chi connectivity index (χ2v) is 10.4. The number of carbonyl (C=O) groups is 1. The lowest BCUT2D eigenvalue weighted by molar-refractivity contribution is 0.0479. The van der Waals surface area contributed by atoms with E-state index in [2.05, 4.69) is 21.9 Å². The summed E-state index contributed by atoms with van der Waals surface area (Å²) in [6, 6.07) is 5.25. The molecule has 1 aromatic carbocycles. The molecule has 3 aliphatic rings. The SMILES string of the molecule is CCCN1[C@@H]2CC[C@H]1C[C@@H](Oc1cc(F)ccc1C(=O)N1Cc3nn4c(C)c(Cl)cnc4c3C1)C2. The summed E-state index contributed by atoms with van der Waals surface area (Å²) in [5.41, 5.74) is 3.64. The fraction of sp³-hybridized carbons (Fsp3) is 0.500. The van der Waals surface area contributed by atoms with Gasteiger partial charge in [-0.2, -0.15) is 5.10 Å². The van der Waals surface area contributed by atoms with E-state index in [1.165, 1.54) is 25.0 Å². The standard InChI is InChI=1S/C26H29ClFN5O2/c1-3-8-32-17-5-6-18(32)11-19(10-17)35-24-9-16(28)4-7-20(24)26(34)31-13-21-23(14-31)30-33-15(2)22(27)12-29-25(21)33/h4,7,9,12,17-19H,3,5-6,8,10-11,13-14H2,1-2H3/t17-,18+,19+. The number of piperidine rings is 1. The zero-order chi connectivity index (χ0) is 24.3. The molecule has 7 nitrogen and oxygen atoms in total. The van der Waals surface area contributed by atoms with E-state index in [9.17, 15) is 9.18 Å². The van der Waals surface area contributed by atoms with Crippen LogP contribution in [-0.2, 0) is 13.1 Å². The number of rotatable bonds is 5. The van der Waals surface area contributed by atoms with Crippen molar-refractivity contribution in [3.05, 3.63) is 57.8 Å². The molecule has 0 saturated carbocycles. The number of amides is 1. The second-order valence-electron chi connectivity index (χ2n) is 9.99. The first-order chi connectivity index (χ1) is 16.9. The Labute approximate surface area is 208 Å². The minimum atomic E-state index is -0.401. The Bertz CT molecular complexity index is 1300. The molecule has 2 fully saturated rings. The molecule has 2 saturated heterocycles. The molecular weight excluding hydrogens is 469 g/mol. The Morgan fingerprint density at radius 2 is 2.00 bits per heavy atom. The normalized spacial score (nSPS) is 23.8. The number of hydrogen-bond donors (Lipinski definition) is 0. The third-order valence-electron chi connectivity index (χ3n) is 7.77. The van der Waals surface area contributed by atoms with Gasteiger partial charge < -0.3 is 9.64 Å². The van der Waals surface area contributed by atoms with Crippen LogP contribution in [0.15, 0.2) is 24.4 Å². The maximum atomic E-state index is 14.2. The van der Waals surface area contributed by atoms with Gasteiger partial charge in [0.25, 0.3) is 5.91 Å². The Morgan fingerprint density at radius 3 is 2.74 bits per heavy atom. The van der Waals surface area contributed by atoms with Crippen LogP contribution in [0, 0.1) is 12.7 Å². The van der Waals surface area contributed by atoms with Crippen LogP contribution >= 0.6 is 11.6 Å². The van der Waals surface area contributed by atoms with E-state index in [-0.39, 0.29) is 12.0 Å². The quantitative estimate of drug-likeness (QED) is 0.508. The lowest BCUT2D eigenvalue weighted by atomic mass is 9.99. The van der Waals surface area contributed by atoms with E-state index < -0.39 is 5.82 Å². The molecule has 1 amide bonds. The fourth-order valence-electron chi connectivity index (χ4n) is 6.09. The van der Waals surface area contributed by atoms with Crippen molar-refractivity contribution in [1.82, 2.24) is 24.4 Å². The van der Waals surface area contributed by atoms with Crippen LogP contribution in [0.4, 0.5) is 4.39 Å². The van der Waals surface area contributed by atoms with Gasteiger partial charge >= 0.3 is 0 Å². The molecular formula is C26H29ClFN5O2. The van der Waals surface area contributed by atoms with Crippen LogP contribution in [0.1, 0.15) is 66.3 Å². The summed E-state index contributed by atoms with van der Waals surface area (Å²) >= 11 is 6.19. The van der Waals surface area contributed by atoms with Gasteiger partial charge in [-0.15, -0.1) is 0 Å². The summed E-state index contributed by atoms with van der Waals surface area (Å²) in [6.45, 7) is 5.98. The number of nitrogens with zero attached hydrogens (tertiary/aromatic N) is 5. The van der Waals surface area contributed by atoms with E-state index in [1.54, 1.807) is 21.7 Å². The fourth-order valence-corrected chi connectivity index (χ4v) is 6.22. The number of carbonyl (C=O) groups excluding carboxylic acids is 1. The van der Waals surface area contributed by atoms with Gasteiger partial charge in [0.15, 0.2) is 5.65 Å². The predicted molar refractivity (Wildman–Crippen MR) is 130 cm³/mol. The van der Waals surface area contributed by atoms with Crippen LogP contribution in [0.5, 0.6) is 5.75 Å². The molecule has 0 aliphatic carbocycles. The highest BCUT2D eigenvalue weighted by atomic mass is 35.5. The van der Waals surface area contributed by atoms with Gasteiger partial charge in [0.2, 0.25) is 0 Å². The number of hydrogen-bond acceptors (Lipinski definition) is 5. The maximum Gasteiger partial charge on any atom is 0.258 e. The summed E-state index contributed by atoms with van der Waals surface area (Å²) in [4.78, 5) is 22.3. The summed E-state index contributed by atoms with van der Waals surface area (Å²) in [5, 5.41) is 5.19. The molecule has 3 aliphatic heterocycles. The molecule has 0 N–H and O–H groups in total. The summed E-state index contributed by atoms with van der Waals surface area (Å²) in [7, 11) is 0. The molecule has 35 heavy (non-hydrogen) atoms. The zero-order valence-corrected chi connectivity index (χ0v) is 20.8. The van der Waals surface area contributed by atoms with Gasteiger partial charge in [0, 0.05) is 29.9 Å². The summed E-state index contributed by atoms with van der Waals surface area (Å²) < 4.78 is 22.3. The third-order valence-corrected chi connectivity index (χ3v) is 8.14. The van der Waals surface area contributed by atoms with Gasteiger partial charge in [-0.25, -0.2) is 13.9 Å². The molecule has 9 heteroatoms. The topological polar surface area (TPSA) is 63.0 Å². The van der Waals surface area contributed by atoms with Crippen molar-refractivity contribution in [2.24, 2.45) is 0 Å². The van der Waals surface area contributed by atoms with Gasteiger partial charge in [-0.1, -0.05) is 18.5 Å². The highest BCUT2D eigenvalue weighted by molar-refractivity contribution is 6.31. The largest absolute Gasteiger partial charge is 0.489 e. The Morgan fingerprint density at radius 1 is 1.23 bits per heavy atom. The number of ether oxygens (including phenoxy) is 1. The molecule has 0 radical (unpaired) electrons. The maximum absolute atomic E-state index is 14.2. The second kappa shape index (κ2) is 8.75. The Hall–Kier alpha value is -2.71. The highest BCUT2D eigenvalue weighted by Gasteiger charge is 2.41. The van der Waals surface area contributed by atoms with Gasteiger partial charge in [0.1, 0.15) is 17.7 Å². The number of fused-ring (bicyclic) bond motifs is 5. The van der Waals surface area contributed by atoms with Gasteiger partial charge in [-0.3, -0.25) is 9.69 Å². The van der Waals surface area contributed by atoms with Crippen molar-refractivity contribution in [2.75, 3.05) is 6.54 Å². The van der Waals surface area contributed by atoms with Crippen LogP contribution in [0.25, 0.3) is 5.65 Å². The number of halogens is 2. The molecule has 3 aromatic rings. The van der Waals surface area contributed by atoms with Crippen molar-refractivity contribution in [2.45, 2.75) is 77.2 Å². The average Bonchev–Trinajstić information content (AvgIpc) is 3.46. The molecule has 6 rings (SSSR count). The molecule has 5 heterocycles. The smallest absolute Gasteiger partial charge is 0.258 e. The van der Waals surface area contributed by atoms with Gasteiger partial charge in [-0.05, 0) is 57.7 Å². The Kier molecular flexibility index (Phi) is 5.68. The lowest BCUT2D eigenvalue weighted by Crippen LogP contribution is -2.46. The van der Waals surface area contributed by atoms with Crippen molar-refractivity contribution < 1.29 is 13.9 Å². The molecule has 3 atom stereocenters. The number of aryl methyl sites for hydroxylation is 1. The van der Waals surface area contributed by atoms with Crippen LogP contribution in [-0.4, -0.2) is 55.0 Å². The van der Waals surface area contributed by atoms with Gasteiger partial charge in [0.05, 0.1) is 35.1 Å². The van der Waals surface area contributed by atoms with Crippen LogP contribution in [0.2, 0.25) is 5.02 Å². The third kappa shape index (κ3) is 3.87. The first-order valence-corrected chi connectivity index (χ1v) is 12.8. The van der Waals surface area contributed by atoms with E-state index in [4.69, 9.17) is 16.3 Å². The van der Waals surface area contributed by atoms with Crippen molar-refractivity contribution in [3.8, 4) is 5.75 Å². The van der Waals surface area contributed by atoms with E-state index in [0.29, 0.717) is 47.2 Å².